The van der Waals surface area contributed by atoms with Crippen LogP contribution in [0.1, 0.15) is 36.5 Å². The van der Waals surface area contributed by atoms with Gasteiger partial charge < -0.3 is 4.74 Å². The van der Waals surface area contributed by atoms with E-state index in [1.807, 2.05) is 6.07 Å². The summed E-state index contributed by atoms with van der Waals surface area (Å²) in [6, 6.07) is 8.40. The zero-order chi connectivity index (χ0) is 13.9. The van der Waals surface area contributed by atoms with Gasteiger partial charge in [0.2, 0.25) is 0 Å². The molecule has 0 radical (unpaired) electrons. The first-order valence-corrected chi connectivity index (χ1v) is 7.31. The molecule has 20 heavy (non-hydrogen) atoms. The molecule has 0 saturated heterocycles. The molecule has 2 heteroatoms. The normalized spacial score (nSPS) is 24.0. The zero-order valence-corrected chi connectivity index (χ0v) is 12.0. The highest BCUT2D eigenvalue weighted by Crippen LogP contribution is 2.51. The zero-order valence-electron chi connectivity index (χ0n) is 12.0. The second-order valence-electron chi connectivity index (χ2n) is 6.20. The van der Waals surface area contributed by atoms with Crippen LogP contribution in [0.5, 0.6) is 5.75 Å². The van der Waals surface area contributed by atoms with Crippen molar-refractivity contribution in [3.63, 3.8) is 0 Å². The van der Waals surface area contributed by atoms with E-state index < -0.39 is 0 Å². The van der Waals surface area contributed by atoms with E-state index in [4.69, 9.17) is 4.74 Å². The fourth-order valence-corrected chi connectivity index (χ4v) is 4.24. The van der Waals surface area contributed by atoms with Crippen LogP contribution < -0.4 is 4.74 Å². The summed E-state index contributed by atoms with van der Waals surface area (Å²) in [5.41, 5.74) is 3.54. The smallest absolute Gasteiger partial charge is 0.147 e. The summed E-state index contributed by atoms with van der Waals surface area (Å²) in [6.45, 7) is 2.12. The predicted octanol–water partition coefficient (Wildman–Crippen LogP) is 3.57. The number of ketones is 1. The van der Waals surface area contributed by atoms with Gasteiger partial charge in [-0.05, 0) is 42.7 Å². The van der Waals surface area contributed by atoms with Crippen LogP contribution >= 0.6 is 0 Å². The average Bonchev–Trinajstić information content (AvgIpc) is 2.73. The highest BCUT2D eigenvalue weighted by Gasteiger charge is 2.47. The molecule has 0 saturated carbocycles. The fraction of sp³-hybridized carbons (Fsp3) is 0.389. The Morgan fingerprint density at radius 1 is 1.15 bits per heavy atom. The van der Waals surface area contributed by atoms with Gasteiger partial charge in [-0.3, -0.25) is 4.79 Å². The number of Topliss-reactive ketones (excluding diaryl/α,β-unsaturated/α-hetero) is 1. The Morgan fingerprint density at radius 2 is 1.90 bits per heavy atom. The third kappa shape index (κ3) is 1.27. The summed E-state index contributed by atoms with van der Waals surface area (Å²) in [5, 5.41) is 2.42. The van der Waals surface area contributed by atoms with Gasteiger partial charge in [0, 0.05) is 17.4 Å². The maximum atomic E-state index is 12.6. The van der Waals surface area contributed by atoms with Crippen molar-refractivity contribution < 1.29 is 9.53 Å². The van der Waals surface area contributed by atoms with E-state index in [1.165, 1.54) is 16.5 Å². The number of carbonyl (C=O) groups excluding carboxylic acids is 1. The number of fused-ring (bicyclic) bond motifs is 2. The molecule has 2 nitrogen and oxygen atoms in total. The largest absolute Gasteiger partial charge is 0.496 e. The topological polar surface area (TPSA) is 26.3 Å². The van der Waals surface area contributed by atoms with Crippen LogP contribution in [0.4, 0.5) is 0 Å². The third-order valence-corrected chi connectivity index (χ3v) is 5.19. The minimum Gasteiger partial charge on any atom is -0.496 e. The molecule has 1 atom stereocenters. The molecule has 2 aromatic carbocycles. The van der Waals surface area contributed by atoms with E-state index in [1.54, 1.807) is 7.11 Å². The van der Waals surface area contributed by atoms with E-state index >= 15 is 0 Å². The second kappa shape index (κ2) is 3.85. The number of rotatable bonds is 1. The summed E-state index contributed by atoms with van der Waals surface area (Å²) >= 11 is 0. The van der Waals surface area contributed by atoms with Crippen LogP contribution in [0.3, 0.4) is 0 Å². The van der Waals surface area contributed by atoms with Crippen LogP contribution in [0, 0.1) is 0 Å². The van der Waals surface area contributed by atoms with Crippen molar-refractivity contribution in [1.82, 2.24) is 0 Å². The molecule has 102 valence electrons. The molecular formula is C18H18O2. The maximum Gasteiger partial charge on any atom is 0.147 e. The molecule has 0 fully saturated rings. The average molecular weight is 266 g/mol. The molecule has 0 N–H and O–H groups in total. The molecule has 1 unspecified atom stereocenters. The highest BCUT2D eigenvalue weighted by atomic mass is 16.5. The molecule has 2 aliphatic rings. The number of benzene rings is 2. The molecule has 2 aromatic rings. The molecule has 0 bridgehead atoms. The molecule has 4 rings (SSSR count). The van der Waals surface area contributed by atoms with E-state index in [9.17, 15) is 4.79 Å². The fourth-order valence-electron chi connectivity index (χ4n) is 4.24. The van der Waals surface area contributed by atoms with E-state index in [2.05, 4.69) is 25.1 Å². The van der Waals surface area contributed by atoms with Gasteiger partial charge in [-0.1, -0.05) is 24.3 Å². The van der Waals surface area contributed by atoms with Crippen molar-refractivity contribution in [3.8, 4) is 5.75 Å². The minimum absolute atomic E-state index is 0.278. The van der Waals surface area contributed by atoms with Gasteiger partial charge in [0.15, 0.2) is 0 Å². The first-order chi connectivity index (χ1) is 9.66. The predicted molar refractivity (Wildman–Crippen MR) is 79.5 cm³/mol. The number of hydrogen-bond donors (Lipinski definition) is 0. The molecule has 2 aliphatic carbocycles. The van der Waals surface area contributed by atoms with Crippen molar-refractivity contribution in [2.24, 2.45) is 0 Å². The van der Waals surface area contributed by atoms with Crippen molar-refractivity contribution >= 4 is 16.6 Å². The first kappa shape index (κ1) is 12.0. The van der Waals surface area contributed by atoms with Gasteiger partial charge in [0.1, 0.15) is 11.5 Å². The quantitative estimate of drug-likeness (QED) is 0.788. The number of carbonyl (C=O) groups is 1. The van der Waals surface area contributed by atoms with Crippen LogP contribution in [-0.2, 0) is 23.1 Å². The monoisotopic (exact) mass is 266 g/mol. The summed E-state index contributed by atoms with van der Waals surface area (Å²) < 4.78 is 5.68. The Kier molecular flexibility index (Phi) is 2.30. The Bertz CT molecular complexity index is 745. The van der Waals surface area contributed by atoms with E-state index in [-0.39, 0.29) is 5.41 Å². The first-order valence-electron chi connectivity index (χ1n) is 7.31. The Balaban J connectivity index is 2.21. The van der Waals surface area contributed by atoms with Crippen molar-refractivity contribution in [3.05, 3.63) is 41.0 Å². The van der Waals surface area contributed by atoms with Crippen molar-refractivity contribution in [2.75, 3.05) is 7.11 Å². The Labute approximate surface area is 118 Å². The number of methoxy groups -OCH3 is 1. The van der Waals surface area contributed by atoms with Gasteiger partial charge >= 0.3 is 0 Å². The van der Waals surface area contributed by atoms with Crippen LogP contribution in [0.15, 0.2) is 24.3 Å². The van der Waals surface area contributed by atoms with Gasteiger partial charge in [0.05, 0.1) is 12.5 Å². The van der Waals surface area contributed by atoms with Gasteiger partial charge in [-0.2, -0.15) is 0 Å². The summed E-state index contributed by atoms with van der Waals surface area (Å²) in [4.78, 5) is 12.6. The van der Waals surface area contributed by atoms with Crippen molar-refractivity contribution in [2.45, 2.75) is 38.0 Å². The lowest BCUT2D eigenvalue weighted by atomic mass is 9.71. The lowest BCUT2D eigenvalue weighted by Gasteiger charge is -2.32. The van der Waals surface area contributed by atoms with Crippen LogP contribution in [0.2, 0.25) is 0 Å². The molecule has 0 aliphatic heterocycles. The SMILES string of the molecule is COc1c2c3c(c4ccccc14)CCCC3(C)C(=O)C2. The number of aryl methyl sites for hydroxylation is 1. The standard InChI is InChI=1S/C18H18O2/c1-18-9-5-8-12-11-6-3-4-7-13(11)17(20-2)14(16(12)18)10-15(18)19/h3-4,6-7H,5,8-10H2,1-2H3. The molecule has 0 heterocycles. The van der Waals surface area contributed by atoms with Crippen molar-refractivity contribution in [1.29, 1.82) is 0 Å². The lowest BCUT2D eigenvalue weighted by molar-refractivity contribution is -0.122. The Hall–Kier alpha value is -1.83. The van der Waals surface area contributed by atoms with Gasteiger partial charge in [-0.25, -0.2) is 0 Å². The van der Waals surface area contributed by atoms with Crippen LogP contribution in [-0.4, -0.2) is 12.9 Å². The number of ether oxygens (including phenoxy) is 1. The Morgan fingerprint density at radius 3 is 2.65 bits per heavy atom. The second-order valence-corrected chi connectivity index (χ2v) is 6.20. The summed E-state index contributed by atoms with van der Waals surface area (Å²) in [6.07, 6.45) is 3.70. The summed E-state index contributed by atoms with van der Waals surface area (Å²) in [7, 11) is 1.72. The lowest BCUT2D eigenvalue weighted by Crippen LogP contribution is -2.32. The highest BCUT2D eigenvalue weighted by molar-refractivity contribution is 6.04. The van der Waals surface area contributed by atoms with E-state index in [0.717, 1.165) is 36.0 Å². The molecule has 0 amide bonds. The minimum atomic E-state index is -0.278. The van der Waals surface area contributed by atoms with Crippen LogP contribution in [0.25, 0.3) is 10.8 Å². The van der Waals surface area contributed by atoms with Gasteiger partial charge in [0.25, 0.3) is 0 Å². The molecule has 0 spiro atoms. The third-order valence-electron chi connectivity index (χ3n) is 5.19. The van der Waals surface area contributed by atoms with E-state index in [0.29, 0.717) is 12.2 Å². The summed E-state index contributed by atoms with van der Waals surface area (Å²) in [5.74, 6) is 1.28. The van der Waals surface area contributed by atoms with Gasteiger partial charge in [-0.15, -0.1) is 0 Å². The maximum absolute atomic E-state index is 12.6. The molecule has 0 aromatic heterocycles. The molecular weight excluding hydrogens is 248 g/mol. The number of hydrogen-bond acceptors (Lipinski definition) is 2.